The van der Waals surface area contributed by atoms with E-state index in [2.05, 4.69) is 38.0 Å². The lowest BCUT2D eigenvalue weighted by Gasteiger charge is -2.17. The van der Waals surface area contributed by atoms with E-state index in [0.717, 1.165) is 5.92 Å². The highest BCUT2D eigenvalue weighted by atomic mass is 14.2. The Balaban J connectivity index is 3.99. The zero-order chi connectivity index (χ0) is 53.8. The average molecular weight is 1050 g/mol. The van der Waals surface area contributed by atoms with Gasteiger partial charge in [0.25, 0.3) is 0 Å². The van der Waals surface area contributed by atoms with Gasteiger partial charge in [-0.3, -0.25) is 0 Å². The highest BCUT2D eigenvalue weighted by Crippen LogP contribution is 2.26. The second-order valence-electron chi connectivity index (χ2n) is 25.4. The van der Waals surface area contributed by atoms with Crippen molar-refractivity contribution in [2.75, 3.05) is 0 Å². The van der Waals surface area contributed by atoms with Gasteiger partial charge in [-0.05, 0) is 44.4 Å². The molecule has 0 unspecified atom stereocenters. The molecule has 0 fully saturated rings. The molecular weight excluding hydrogens is 901 g/mol. The van der Waals surface area contributed by atoms with Crippen LogP contribution in [0.1, 0.15) is 437 Å². The molecule has 0 spiro atoms. The van der Waals surface area contributed by atoms with Gasteiger partial charge in [0.05, 0.1) is 0 Å². The van der Waals surface area contributed by atoms with Crippen LogP contribution in [0.25, 0.3) is 0 Å². The van der Waals surface area contributed by atoms with Crippen LogP contribution in [-0.4, -0.2) is 0 Å². The molecule has 0 amide bonds. The minimum Gasteiger partial charge on any atom is -0.103 e. The molecule has 0 aromatic carbocycles. The summed E-state index contributed by atoms with van der Waals surface area (Å²) in [4.78, 5) is 0. The second kappa shape index (κ2) is 71.2. The van der Waals surface area contributed by atoms with Crippen LogP contribution in [0.3, 0.4) is 0 Å². The van der Waals surface area contributed by atoms with Crippen molar-refractivity contribution in [3.05, 3.63) is 38.0 Å². The van der Waals surface area contributed by atoms with E-state index in [1.807, 2.05) is 0 Å². The molecule has 446 valence electrons. The molecule has 0 aromatic rings. The summed E-state index contributed by atoms with van der Waals surface area (Å²) in [6.45, 7) is 11.5. The summed E-state index contributed by atoms with van der Waals surface area (Å²) in [5.41, 5.74) is 0. The van der Waals surface area contributed by atoms with Crippen LogP contribution in [0.5, 0.6) is 0 Å². The number of allylic oxidation sites excluding steroid dienone is 3. The van der Waals surface area contributed by atoms with Gasteiger partial charge in [0, 0.05) is 0 Å². The maximum absolute atomic E-state index is 3.84. The minimum atomic E-state index is 1.02. The quantitative estimate of drug-likeness (QED) is 0.0421. The minimum absolute atomic E-state index is 1.02. The molecule has 0 saturated heterocycles. The Bertz CT molecular complexity index is 952. The summed E-state index contributed by atoms with van der Waals surface area (Å²) in [6, 6.07) is 0. The highest BCUT2D eigenvalue weighted by Gasteiger charge is 2.09. The Hall–Kier alpha value is -0.780. The van der Waals surface area contributed by atoms with Crippen molar-refractivity contribution >= 4 is 0 Å². The van der Waals surface area contributed by atoms with E-state index in [0.29, 0.717) is 0 Å². The first kappa shape index (κ1) is 74.2. The molecule has 0 nitrogen and oxygen atoms in total. The Morgan fingerprint density at radius 3 is 0.333 bits per heavy atom. The SMILES string of the molecule is C=CCCCCCCCCCCCCCCCCCCCCCCCC(CCCCCCCCCCCCCCCCCCCCCCC=C)CCCCCCCCCCCCCCCCCCCCCCCC=C. The van der Waals surface area contributed by atoms with Crippen molar-refractivity contribution in [3.8, 4) is 0 Å². The summed E-state index contributed by atoms with van der Waals surface area (Å²) >= 11 is 0. The smallest absolute Gasteiger partial charge is 0.0353 e. The fraction of sp³-hybridized carbons (Fsp3) is 0.920. The molecule has 0 aliphatic rings. The number of hydrogen-bond acceptors (Lipinski definition) is 0. The van der Waals surface area contributed by atoms with Crippen LogP contribution in [0.4, 0.5) is 0 Å². The summed E-state index contributed by atoms with van der Waals surface area (Å²) in [7, 11) is 0. The maximum atomic E-state index is 3.84. The van der Waals surface area contributed by atoms with Gasteiger partial charge in [0.15, 0.2) is 0 Å². The largest absolute Gasteiger partial charge is 0.103 e. The molecule has 0 N–H and O–H groups in total. The lowest BCUT2D eigenvalue weighted by Crippen LogP contribution is -2.01. The Labute approximate surface area is 478 Å². The van der Waals surface area contributed by atoms with E-state index in [1.54, 1.807) is 0 Å². The predicted molar refractivity (Wildman–Crippen MR) is 348 cm³/mol. The third-order valence-electron chi connectivity index (χ3n) is 17.8. The Kier molecular flexibility index (Phi) is 70.5. The van der Waals surface area contributed by atoms with E-state index < -0.39 is 0 Å². The van der Waals surface area contributed by atoms with Crippen LogP contribution >= 0.6 is 0 Å². The van der Waals surface area contributed by atoms with E-state index >= 15 is 0 Å². The molecular formula is C75H146. The van der Waals surface area contributed by atoms with Crippen LogP contribution in [0.2, 0.25) is 0 Å². The molecule has 0 heterocycles. The zero-order valence-electron chi connectivity index (χ0n) is 52.5. The number of rotatable bonds is 71. The van der Waals surface area contributed by atoms with E-state index in [1.165, 1.54) is 437 Å². The predicted octanol–water partition coefficient (Wildman–Crippen LogP) is 28.7. The van der Waals surface area contributed by atoms with Crippen molar-refractivity contribution in [1.29, 1.82) is 0 Å². The Morgan fingerprint density at radius 2 is 0.227 bits per heavy atom. The van der Waals surface area contributed by atoms with E-state index in [-0.39, 0.29) is 0 Å². The van der Waals surface area contributed by atoms with Crippen molar-refractivity contribution < 1.29 is 0 Å². The fourth-order valence-electron chi connectivity index (χ4n) is 12.5. The standard InChI is InChI=1S/C75H146/c1-4-7-10-13-16-19-22-25-28-31-34-37-40-43-46-49-52-55-58-61-64-67-70-73-75(72-69-66-63-60-57-54-51-48-45-42-39-36-33-30-27-24-21-18-15-12-9-6-3)74-71-68-65-62-59-56-53-50-47-44-41-38-35-32-29-26-23-20-17-14-11-8-5-2/h4-6,75H,1-3,7-74H2. The first-order chi connectivity index (χ1) is 37.3. The molecule has 0 heteroatoms. The normalized spacial score (nSPS) is 11.6. The van der Waals surface area contributed by atoms with Crippen molar-refractivity contribution in [3.63, 3.8) is 0 Å². The van der Waals surface area contributed by atoms with Crippen molar-refractivity contribution in [1.82, 2.24) is 0 Å². The molecule has 0 rings (SSSR count). The van der Waals surface area contributed by atoms with Crippen LogP contribution in [0, 0.1) is 5.92 Å². The lowest BCUT2D eigenvalue weighted by atomic mass is 9.89. The van der Waals surface area contributed by atoms with Gasteiger partial charge in [-0.2, -0.15) is 0 Å². The first-order valence-corrected chi connectivity index (χ1v) is 36.2. The van der Waals surface area contributed by atoms with Crippen molar-refractivity contribution in [2.24, 2.45) is 5.92 Å². The maximum Gasteiger partial charge on any atom is -0.0353 e. The van der Waals surface area contributed by atoms with Gasteiger partial charge in [-0.25, -0.2) is 0 Å². The second-order valence-corrected chi connectivity index (χ2v) is 25.4. The molecule has 75 heavy (non-hydrogen) atoms. The fourth-order valence-corrected chi connectivity index (χ4v) is 12.5. The van der Waals surface area contributed by atoms with Crippen molar-refractivity contribution in [2.45, 2.75) is 437 Å². The number of hydrogen-bond donors (Lipinski definition) is 0. The average Bonchev–Trinajstić information content (AvgIpc) is 3.42. The van der Waals surface area contributed by atoms with Gasteiger partial charge in [0.1, 0.15) is 0 Å². The van der Waals surface area contributed by atoms with Gasteiger partial charge >= 0.3 is 0 Å². The topological polar surface area (TPSA) is 0 Å². The molecule has 0 bridgehead atoms. The summed E-state index contributed by atoms with van der Waals surface area (Å²) < 4.78 is 0. The third-order valence-corrected chi connectivity index (χ3v) is 17.8. The first-order valence-electron chi connectivity index (χ1n) is 36.2. The van der Waals surface area contributed by atoms with E-state index in [9.17, 15) is 0 Å². The lowest BCUT2D eigenvalue weighted by molar-refractivity contribution is 0.365. The van der Waals surface area contributed by atoms with E-state index in [4.69, 9.17) is 0 Å². The number of unbranched alkanes of at least 4 members (excludes halogenated alkanes) is 62. The van der Waals surface area contributed by atoms with Crippen LogP contribution < -0.4 is 0 Å². The molecule has 0 saturated carbocycles. The Morgan fingerprint density at radius 1 is 0.133 bits per heavy atom. The zero-order valence-corrected chi connectivity index (χ0v) is 52.5. The van der Waals surface area contributed by atoms with Crippen LogP contribution in [0.15, 0.2) is 38.0 Å². The summed E-state index contributed by atoms with van der Waals surface area (Å²) in [5, 5.41) is 0. The molecule has 0 atom stereocenters. The summed E-state index contributed by atoms with van der Waals surface area (Å²) in [5.74, 6) is 1.02. The van der Waals surface area contributed by atoms with Gasteiger partial charge in [0.2, 0.25) is 0 Å². The van der Waals surface area contributed by atoms with Gasteiger partial charge in [-0.1, -0.05) is 416 Å². The third kappa shape index (κ3) is 69.3. The highest BCUT2D eigenvalue weighted by molar-refractivity contribution is 4.68. The van der Waals surface area contributed by atoms with Crippen LogP contribution in [-0.2, 0) is 0 Å². The van der Waals surface area contributed by atoms with Gasteiger partial charge in [-0.15, -0.1) is 19.7 Å². The molecule has 0 radical (unpaired) electrons. The molecule has 0 aromatic heterocycles. The summed E-state index contributed by atoms with van der Waals surface area (Å²) in [6.07, 6.45) is 106. The van der Waals surface area contributed by atoms with Gasteiger partial charge < -0.3 is 0 Å². The molecule has 0 aliphatic heterocycles. The molecule has 0 aliphatic carbocycles. The monoisotopic (exact) mass is 1050 g/mol.